The fraction of sp³-hybridized carbons (Fsp3) is 0.360. The fourth-order valence-corrected chi connectivity index (χ4v) is 4.71. The third kappa shape index (κ3) is 5.00. The lowest BCUT2D eigenvalue weighted by molar-refractivity contribution is -0.187. The maximum atomic E-state index is 13.6. The maximum absolute atomic E-state index is 13.6. The van der Waals surface area contributed by atoms with E-state index < -0.39 is 54.5 Å². The van der Waals surface area contributed by atoms with Crippen LogP contribution in [0.3, 0.4) is 0 Å². The Balaban J connectivity index is 1.57. The molecule has 1 heterocycles. The summed E-state index contributed by atoms with van der Waals surface area (Å²) < 4.78 is 54.0. The third-order valence-electron chi connectivity index (χ3n) is 6.65. The van der Waals surface area contributed by atoms with Gasteiger partial charge in [0, 0.05) is 19.2 Å². The van der Waals surface area contributed by atoms with Crippen LogP contribution in [0.1, 0.15) is 37.0 Å². The van der Waals surface area contributed by atoms with E-state index in [-0.39, 0.29) is 17.9 Å². The van der Waals surface area contributed by atoms with Crippen molar-refractivity contribution in [3.63, 3.8) is 0 Å². The van der Waals surface area contributed by atoms with Crippen LogP contribution in [0.15, 0.2) is 42.5 Å². The molecule has 1 saturated heterocycles. The number of alkyl halides is 3. The molecule has 0 saturated carbocycles. The van der Waals surface area contributed by atoms with E-state index in [1.165, 1.54) is 19.1 Å². The Labute approximate surface area is 209 Å². The second-order valence-corrected chi connectivity index (χ2v) is 9.15. The predicted octanol–water partition coefficient (Wildman–Crippen LogP) is 3.46. The molecule has 2 aromatic carbocycles. The van der Waals surface area contributed by atoms with E-state index >= 15 is 0 Å². The number of hydrogen-bond acceptors (Lipinski definition) is 4. The average Bonchev–Trinajstić information content (AvgIpc) is 3.29. The van der Waals surface area contributed by atoms with E-state index in [1.54, 1.807) is 18.2 Å². The highest BCUT2D eigenvalue weighted by Gasteiger charge is 2.56. The predicted molar refractivity (Wildman–Crippen MR) is 123 cm³/mol. The van der Waals surface area contributed by atoms with Crippen molar-refractivity contribution >= 4 is 29.4 Å². The summed E-state index contributed by atoms with van der Waals surface area (Å²) in [6.07, 6.45) is -4.18. The molecular weight excluding hydrogens is 496 g/mol. The summed E-state index contributed by atoms with van der Waals surface area (Å²) in [5.41, 5.74) is 0.543. The third-order valence-corrected chi connectivity index (χ3v) is 6.65. The topological polar surface area (TPSA) is 98.8 Å². The number of imide groups is 1. The lowest BCUT2D eigenvalue weighted by Crippen LogP contribution is -2.51. The molecule has 37 heavy (non-hydrogen) atoms. The van der Waals surface area contributed by atoms with Gasteiger partial charge in [0.25, 0.3) is 5.91 Å². The van der Waals surface area contributed by atoms with Crippen molar-refractivity contribution in [3.8, 4) is 0 Å². The summed E-state index contributed by atoms with van der Waals surface area (Å²) in [7, 11) is 0. The summed E-state index contributed by atoms with van der Waals surface area (Å²) in [6.45, 7) is 0.759. The van der Waals surface area contributed by atoms with Gasteiger partial charge < -0.3 is 15.5 Å². The zero-order valence-corrected chi connectivity index (χ0v) is 20.0. The van der Waals surface area contributed by atoms with Crippen LogP contribution in [0.4, 0.5) is 28.0 Å². The van der Waals surface area contributed by atoms with E-state index in [2.05, 4.69) is 10.6 Å². The Morgan fingerprint density at radius 2 is 1.84 bits per heavy atom. The molecule has 2 aromatic rings. The van der Waals surface area contributed by atoms with Crippen molar-refractivity contribution in [3.05, 3.63) is 65.0 Å². The highest BCUT2D eigenvalue weighted by atomic mass is 19.4. The minimum absolute atomic E-state index is 0.194. The maximum Gasteiger partial charge on any atom is 0.408 e. The summed E-state index contributed by atoms with van der Waals surface area (Å²) in [5, 5.41) is 5.26. The molecule has 196 valence electrons. The number of nitrogens with one attached hydrogen (secondary N) is 2. The zero-order chi connectivity index (χ0) is 27.1. The number of benzene rings is 2. The number of hydrogen-bond donors (Lipinski definition) is 2. The molecule has 0 unspecified atom stereocenters. The van der Waals surface area contributed by atoms with Crippen LogP contribution in [-0.4, -0.2) is 52.3 Å². The van der Waals surface area contributed by atoms with Gasteiger partial charge in [0.05, 0.1) is 0 Å². The Hall–Kier alpha value is -3.96. The monoisotopic (exact) mass is 520 g/mol. The highest BCUT2D eigenvalue weighted by molar-refractivity contribution is 6.10. The number of aryl methyl sites for hydroxylation is 1. The van der Waals surface area contributed by atoms with Gasteiger partial charge in [-0.2, -0.15) is 13.2 Å². The molecule has 1 fully saturated rings. The van der Waals surface area contributed by atoms with Crippen LogP contribution in [-0.2, 0) is 32.9 Å². The smallest absolute Gasteiger partial charge is 0.326 e. The van der Waals surface area contributed by atoms with Gasteiger partial charge in [-0.15, -0.1) is 0 Å². The van der Waals surface area contributed by atoms with Crippen molar-refractivity contribution in [2.45, 2.75) is 51.0 Å². The van der Waals surface area contributed by atoms with E-state index in [1.807, 2.05) is 0 Å². The first-order chi connectivity index (χ1) is 17.3. The number of halogens is 4. The molecule has 1 aliphatic carbocycles. The van der Waals surface area contributed by atoms with Crippen molar-refractivity contribution in [1.29, 1.82) is 0 Å². The number of fused-ring (bicyclic) bond motifs is 2. The molecule has 0 bridgehead atoms. The van der Waals surface area contributed by atoms with Crippen molar-refractivity contribution in [1.82, 2.24) is 15.1 Å². The Morgan fingerprint density at radius 3 is 2.46 bits per heavy atom. The van der Waals surface area contributed by atoms with Gasteiger partial charge in [-0.3, -0.25) is 19.3 Å². The minimum atomic E-state index is -4.77. The van der Waals surface area contributed by atoms with E-state index in [9.17, 15) is 36.7 Å². The van der Waals surface area contributed by atoms with Crippen molar-refractivity contribution in [2.75, 3.05) is 11.9 Å². The Morgan fingerprint density at radius 1 is 1.16 bits per heavy atom. The SMILES string of the molecule is CC(=O)Nc1ccc2c(c1)CC[C@@]21NC(=O)N(CC(=O)N(Cc2ccc(F)cc2)[C@@H](C)C(F)(F)F)C1=O. The first-order valence-corrected chi connectivity index (χ1v) is 11.5. The molecule has 1 spiro atoms. The van der Waals surface area contributed by atoms with Crippen LogP contribution >= 0.6 is 0 Å². The van der Waals surface area contributed by atoms with Gasteiger partial charge in [-0.1, -0.05) is 18.2 Å². The molecular formula is C25H24F4N4O4. The summed E-state index contributed by atoms with van der Waals surface area (Å²) >= 11 is 0. The summed E-state index contributed by atoms with van der Waals surface area (Å²) in [6, 6.07) is 6.39. The molecule has 2 aliphatic rings. The van der Waals surface area contributed by atoms with Gasteiger partial charge in [0.2, 0.25) is 11.8 Å². The normalized spacial score (nSPS) is 19.6. The first kappa shape index (κ1) is 26.1. The van der Waals surface area contributed by atoms with Crippen LogP contribution < -0.4 is 10.6 Å². The molecule has 0 aromatic heterocycles. The number of carbonyl (C=O) groups is 4. The lowest BCUT2D eigenvalue weighted by Gasteiger charge is -2.32. The number of rotatable bonds is 6. The number of urea groups is 1. The molecule has 4 rings (SSSR count). The van der Waals surface area contributed by atoms with E-state index in [0.717, 1.165) is 24.6 Å². The molecule has 1 aliphatic heterocycles. The van der Waals surface area contributed by atoms with Gasteiger partial charge in [-0.25, -0.2) is 9.18 Å². The zero-order valence-electron chi connectivity index (χ0n) is 20.0. The van der Waals surface area contributed by atoms with Gasteiger partial charge in [0.1, 0.15) is 23.9 Å². The Kier molecular flexibility index (Phi) is 6.70. The van der Waals surface area contributed by atoms with Crippen molar-refractivity contribution < 1.29 is 36.7 Å². The summed E-state index contributed by atoms with van der Waals surface area (Å²) in [5.74, 6) is -2.69. The van der Waals surface area contributed by atoms with Gasteiger partial charge in [0.15, 0.2) is 0 Å². The van der Waals surface area contributed by atoms with Crippen LogP contribution in [0.25, 0.3) is 0 Å². The summed E-state index contributed by atoms with van der Waals surface area (Å²) in [4.78, 5) is 51.8. The van der Waals surface area contributed by atoms with Crippen molar-refractivity contribution in [2.24, 2.45) is 0 Å². The molecule has 5 amide bonds. The largest absolute Gasteiger partial charge is 0.408 e. The molecule has 12 heteroatoms. The molecule has 2 atom stereocenters. The van der Waals surface area contributed by atoms with Crippen LogP contribution in [0.2, 0.25) is 0 Å². The number of nitrogens with zero attached hydrogens (tertiary/aromatic N) is 2. The molecule has 8 nitrogen and oxygen atoms in total. The van der Waals surface area contributed by atoms with Crippen LogP contribution in [0.5, 0.6) is 0 Å². The molecule has 0 radical (unpaired) electrons. The fourth-order valence-electron chi connectivity index (χ4n) is 4.71. The molecule has 2 N–H and O–H groups in total. The second-order valence-electron chi connectivity index (χ2n) is 9.15. The quantitative estimate of drug-likeness (QED) is 0.450. The number of anilines is 1. The highest BCUT2D eigenvalue weighted by Crippen LogP contribution is 2.42. The van der Waals surface area contributed by atoms with Crippen LogP contribution in [0, 0.1) is 5.82 Å². The first-order valence-electron chi connectivity index (χ1n) is 11.5. The Bertz CT molecular complexity index is 1260. The van der Waals surface area contributed by atoms with Gasteiger partial charge >= 0.3 is 12.2 Å². The standard InChI is InChI=1S/C25H24F4N4O4/c1-14(25(27,28)29)32(12-16-3-5-18(26)6-4-16)21(35)13-33-22(36)24(31-23(33)37)10-9-17-11-19(30-15(2)34)7-8-20(17)24/h3-8,11,14H,9-10,12-13H2,1-2H3,(H,30,34)(H,31,37)/t14-,24+/m0/s1. The lowest BCUT2D eigenvalue weighted by atomic mass is 9.91. The van der Waals surface area contributed by atoms with E-state index in [4.69, 9.17) is 0 Å². The minimum Gasteiger partial charge on any atom is -0.326 e. The second kappa shape index (κ2) is 9.49. The van der Waals surface area contributed by atoms with E-state index in [0.29, 0.717) is 27.5 Å². The van der Waals surface area contributed by atoms with Gasteiger partial charge in [-0.05, 0) is 60.7 Å². The number of carbonyl (C=O) groups excluding carboxylic acids is 4. The number of amides is 5. The average molecular weight is 520 g/mol.